The first-order chi connectivity index (χ1) is 10.5. The van der Waals surface area contributed by atoms with Gasteiger partial charge in [-0.25, -0.2) is 4.39 Å². The Hall–Kier alpha value is -1.33. The zero-order chi connectivity index (χ0) is 16.2. The molecule has 0 radical (unpaired) electrons. The van der Waals surface area contributed by atoms with Gasteiger partial charge in [-0.2, -0.15) is 0 Å². The van der Waals surface area contributed by atoms with Crippen LogP contribution in [0.2, 0.25) is 0 Å². The maximum absolute atomic E-state index is 14.2. The fourth-order valence-corrected chi connectivity index (χ4v) is 3.04. The minimum absolute atomic E-state index is 0.217. The van der Waals surface area contributed by atoms with Gasteiger partial charge in [0.05, 0.1) is 19.8 Å². The van der Waals surface area contributed by atoms with Gasteiger partial charge < -0.3 is 19.9 Å². The number of nitrogens with one attached hydrogen (secondary N) is 1. The van der Waals surface area contributed by atoms with Crippen LogP contribution in [0.25, 0.3) is 0 Å². The molecule has 0 heterocycles. The Morgan fingerprint density at radius 3 is 2.36 bits per heavy atom. The predicted octanol–water partition coefficient (Wildman–Crippen LogP) is 3.19. The van der Waals surface area contributed by atoms with Gasteiger partial charge >= 0.3 is 0 Å². The highest BCUT2D eigenvalue weighted by Gasteiger charge is 2.29. The molecular weight excluding hydrogens is 285 g/mol. The van der Waals surface area contributed by atoms with Crippen molar-refractivity contribution >= 4 is 0 Å². The summed E-state index contributed by atoms with van der Waals surface area (Å²) in [7, 11) is 3.01. The minimum Gasteiger partial charge on any atom is -0.493 e. The second kappa shape index (κ2) is 7.29. The molecular formula is C17H26FNO3. The molecule has 1 aliphatic rings. The molecule has 1 saturated carbocycles. The molecule has 1 aliphatic carbocycles. The number of aliphatic hydroxyl groups is 1. The summed E-state index contributed by atoms with van der Waals surface area (Å²) < 4.78 is 24.6. The van der Waals surface area contributed by atoms with E-state index < -0.39 is 5.60 Å². The minimum atomic E-state index is -0.667. The van der Waals surface area contributed by atoms with Crippen LogP contribution in [0.4, 0.5) is 4.39 Å². The fraction of sp³-hybridized carbons (Fsp3) is 0.647. The summed E-state index contributed by atoms with van der Waals surface area (Å²) in [5.41, 5.74) is -0.156. The van der Waals surface area contributed by atoms with E-state index in [-0.39, 0.29) is 11.9 Å². The quantitative estimate of drug-likeness (QED) is 0.847. The van der Waals surface area contributed by atoms with Crippen molar-refractivity contribution < 1.29 is 19.0 Å². The first-order valence-electron chi connectivity index (χ1n) is 7.86. The number of halogens is 1. The van der Waals surface area contributed by atoms with Crippen molar-refractivity contribution in [2.24, 2.45) is 0 Å². The Bertz CT molecular complexity index is 501. The van der Waals surface area contributed by atoms with Gasteiger partial charge in [-0.1, -0.05) is 19.3 Å². The molecule has 0 saturated heterocycles. The molecule has 2 N–H and O–H groups in total. The number of rotatable bonds is 6. The van der Waals surface area contributed by atoms with E-state index in [2.05, 4.69) is 5.32 Å². The Morgan fingerprint density at radius 1 is 1.18 bits per heavy atom. The predicted molar refractivity (Wildman–Crippen MR) is 84.0 cm³/mol. The van der Waals surface area contributed by atoms with Crippen molar-refractivity contribution in [3.05, 3.63) is 23.5 Å². The number of hydrogen-bond donors (Lipinski definition) is 2. The molecule has 0 aromatic heterocycles. The second-order valence-corrected chi connectivity index (χ2v) is 6.12. The number of ether oxygens (including phenoxy) is 2. The van der Waals surface area contributed by atoms with Gasteiger partial charge in [0, 0.05) is 24.2 Å². The molecule has 2 rings (SSSR count). The third-order valence-corrected chi connectivity index (χ3v) is 4.49. The molecule has 4 nitrogen and oxygen atoms in total. The Morgan fingerprint density at radius 2 is 1.77 bits per heavy atom. The van der Waals surface area contributed by atoms with Crippen LogP contribution in [0, 0.1) is 5.82 Å². The lowest BCUT2D eigenvalue weighted by molar-refractivity contribution is 0.00292. The lowest BCUT2D eigenvalue weighted by atomic mass is 9.84. The highest BCUT2D eigenvalue weighted by Crippen LogP contribution is 2.33. The summed E-state index contributed by atoms with van der Waals surface area (Å²) in [4.78, 5) is 0. The molecule has 1 aromatic carbocycles. The van der Waals surface area contributed by atoms with Crippen LogP contribution in [0.1, 0.15) is 50.6 Å². The standard InChI is InChI=1S/C17H26FNO3/c1-12(19-11-17(20)7-5-4-6-8-17)13-9-15(21-2)16(22-3)10-14(13)18/h9-10,12,19-20H,4-8,11H2,1-3H3. The Balaban J connectivity index is 2.07. The van der Waals surface area contributed by atoms with Crippen LogP contribution in [0.15, 0.2) is 12.1 Å². The van der Waals surface area contributed by atoms with Crippen LogP contribution >= 0.6 is 0 Å². The Kier molecular flexibility index (Phi) is 5.64. The van der Waals surface area contributed by atoms with Crippen molar-refractivity contribution in [1.82, 2.24) is 5.32 Å². The lowest BCUT2D eigenvalue weighted by Crippen LogP contribution is -2.43. The molecule has 1 unspecified atom stereocenters. The van der Waals surface area contributed by atoms with Crippen molar-refractivity contribution in [3.63, 3.8) is 0 Å². The van der Waals surface area contributed by atoms with Gasteiger partial charge in [0.15, 0.2) is 11.5 Å². The van der Waals surface area contributed by atoms with E-state index in [9.17, 15) is 9.50 Å². The Labute approximate surface area is 131 Å². The topological polar surface area (TPSA) is 50.7 Å². The monoisotopic (exact) mass is 311 g/mol. The SMILES string of the molecule is COc1cc(F)c(C(C)NCC2(O)CCCCC2)cc1OC. The van der Waals surface area contributed by atoms with Crippen LogP contribution in [0.3, 0.4) is 0 Å². The molecule has 0 spiro atoms. The molecule has 1 aromatic rings. The van der Waals surface area contributed by atoms with E-state index in [1.54, 1.807) is 6.07 Å². The smallest absolute Gasteiger partial charge is 0.163 e. The highest BCUT2D eigenvalue weighted by molar-refractivity contribution is 5.44. The molecule has 0 amide bonds. The summed E-state index contributed by atoms with van der Waals surface area (Å²) in [6.07, 6.45) is 4.90. The van der Waals surface area contributed by atoms with Gasteiger partial charge in [0.1, 0.15) is 5.82 Å². The van der Waals surface area contributed by atoms with E-state index in [0.29, 0.717) is 23.6 Å². The normalized spacial score (nSPS) is 18.8. The van der Waals surface area contributed by atoms with E-state index in [4.69, 9.17) is 9.47 Å². The molecule has 124 valence electrons. The van der Waals surface area contributed by atoms with Crippen LogP contribution in [-0.2, 0) is 0 Å². The zero-order valence-corrected chi connectivity index (χ0v) is 13.6. The van der Waals surface area contributed by atoms with Crippen molar-refractivity contribution in [3.8, 4) is 11.5 Å². The van der Waals surface area contributed by atoms with Gasteiger partial charge in [0.2, 0.25) is 0 Å². The lowest BCUT2D eigenvalue weighted by Gasteiger charge is -2.33. The summed E-state index contributed by atoms with van der Waals surface area (Å²) in [5.74, 6) is 0.541. The van der Waals surface area contributed by atoms with Crippen LogP contribution in [-0.4, -0.2) is 31.5 Å². The summed E-state index contributed by atoms with van der Waals surface area (Å²) in [6.45, 7) is 2.36. The number of methoxy groups -OCH3 is 2. The first-order valence-corrected chi connectivity index (χ1v) is 7.86. The van der Waals surface area contributed by atoms with E-state index >= 15 is 0 Å². The fourth-order valence-electron chi connectivity index (χ4n) is 3.04. The van der Waals surface area contributed by atoms with Gasteiger partial charge in [0.25, 0.3) is 0 Å². The molecule has 22 heavy (non-hydrogen) atoms. The molecule has 5 heteroatoms. The highest BCUT2D eigenvalue weighted by atomic mass is 19.1. The van der Waals surface area contributed by atoms with Gasteiger partial charge in [-0.15, -0.1) is 0 Å². The molecule has 0 bridgehead atoms. The molecule has 1 atom stereocenters. The molecule has 1 fully saturated rings. The maximum atomic E-state index is 14.2. The largest absolute Gasteiger partial charge is 0.493 e. The maximum Gasteiger partial charge on any atom is 0.163 e. The van der Waals surface area contributed by atoms with Gasteiger partial charge in [-0.05, 0) is 25.8 Å². The average molecular weight is 311 g/mol. The van der Waals surface area contributed by atoms with Gasteiger partial charge in [-0.3, -0.25) is 0 Å². The van der Waals surface area contributed by atoms with Crippen molar-refractivity contribution in [2.45, 2.75) is 50.7 Å². The van der Waals surface area contributed by atoms with E-state index in [0.717, 1.165) is 25.7 Å². The van der Waals surface area contributed by atoms with Crippen LogP contribution < -0.4 is 14.8 Å². The molecule has 0 aliphatic heterocycles. The average Bonchev–Trinajstić information content (AvgIpc) is 2.53. The second-order valence-electron chi connectivity index (χ2n) is 6.12. The third kappa shape index (κ3) is 3.90. The zero-order valence-electron chi connectivity index (χ0n) is 13.6. The van der Waals surface area contributed by atoms with Crippen molar-refractivity contribution in [2.75, 3.05) is 20.8 Å². The third-order valence-electron chi connectivity index (χ3n) is 4.49. The van der Waals surface area contributed by atoms with Crippen molar-refractivity contribution in [1.29, 1.82) is 0 Å². The van der Waals surface area contributed by atoms with Crippen LogP contribution in [0.5, 0.6) is 11.5 Å². The first kappa shape index (κ1) is 17.0. The number of hydrogen-bond acceptors (Lipinski definition) is 4. The van der Waals surface area contributed by atoms with E-state index in [1.807, 2.05) is 6.92 Å². The van der Waals surface area contributed by atoms with E-state index in [1.165, 1.54) is 26.7 Å². The summed E-state index contributed by atoms with van der Waals surface area (Å²) >= 11 is 0. The number of benzene rings is 1. The summed E-state index contributed by atoms with van der Waals surface area (Å²) in [5, 5.41) is 13.8. The summed E-state index contributed by atoms with van der Waals surface area (Å²) in [6, 6.07) is 2.77.